The second kappa shape index (κ2) is 14.8. The van der Waals surface area contributed by atoms with Gasteiger partial charge in [-0.05, 0) is 23.6 Å². The molecule has 1 saturated heterocycles. The van der Waals surface area contributed by atoms with Crippen molar-refractivity contribution in [3.63, 3.8) is 0 Å². The summed E-state index contributed by atoms with van der Waals surface area (Å²) < 4.78 is 55.1. The van der Waals surface area contributed by atoms with Crippen LogP contribution >= 0.6 is 24.7 Å². The van der Waals surface area contributed by atoms with Crippen LogP contribution in [0.3, 0.4) is 0 Å². The zero-order valence-electron chi connectivity index (χ0n) is 25.7. The van der Waals surface area contributed by atoms with E-state index in [4.69, 9.17) is 56.2 Å². The second-order valence-corrected chi connectivity index (χ2v) is 19.2. The molecule has 0 saturated carbocycles. The molecule has 0 radical (unpaired) electrons. The molecule has 1 amide bonds. The van der Waals surface area contributed by atoms with E-state index in [9.17, 15) is 9.59 Å². The number of aromatic amines is 1. The van der Waals surface area contributed by atoms with Gasteiger partial charge in [-0.15, -0.1) is 0 Å². The molecule has 4 aromatic heterocycles. The van der Waals surface area contributed by atoms with Gasteiger partial charge in [0.25, 0.3) is 5.56 Å². The maximum Gasteiger partial charge on any atom is 0.327 e. The first-order valence-electron chi connectivity index (χ1n) is 14.7. The van der Waals surface area contributed by atoms with E-state index in [0.717, 1.165) is 0 Å². The number of fused-ring (bicyclic) bond motifs is 6. The predicted molar refractivity (Wildman–Crippen MR) is 181 cm³/mol. The van der Waals surface area contributed by atoms with E-state index >= 15 is 4.39 Å². The highest BCUT2D eigenvalue weighted by Gasteiger charge is 2.50. The molecule has 0 aliphatic carbocycles. The van der Waals surface area contributed by atoms with Gasteiger partial charge in [0.1, 0.15) is 36.5 Å². The van der Waals surface area contributed by atoms with Gasteiger partial charge < -0.3 is 31.9 Å². The Balaban J connectivity index is 1.38. The van der Waals surface area contributed by atoms with Crippen LogP contribution in [0.15, 0.2) is 23.6 Å². The number of anilines is 1. The van der Waals surface area contributed by atoms with Crippen LogP contribution in [0.2, 0.25) is 0 Å². The minimum atomic E-state index is -3.57. The molecule has 4 aromatic rings. The Morgan fingerprint density at radius 3 is 2.88 bits per heavy atom. The van der Waals surface area contributed by atoms with E-state index in [2.05, 4.69) is 47.5 Å². The number of halogens is 1. The van der Waals surface area contributed by atoms with Crippen LogP contribution in [0.5, 0.6) is 0 Å². The van der Waals surface area contributed by atoms with Crippen LogP contribution in [0.4, 0.5) is 10.3 Å². The van der Waals surface area contributed by atoms with Crippen LogP contribution in [-0.2, 0) is 68.9 Å². The average molecular weight is 775 g/mol. The van der Waals surface area contributed by atoms with Crippen molar-refractivity contribution in [3.05, 3.63) is 35.0 Å². The van der Waals surface area contributed by atoms with Crippen molar-refractivity contribution >= 4 is 82.5 Å². The summed E-state index contributed by atoms with van der Waals surface area (Å²) in [4.78, 5) is 49.1. The molecule has 6 atom stereocenters. The molecule has 6 heterocycles. The number of rotatable bonds is 6. The highest BCUT2D eigenvalue weighted by Crippen LogP contribution is 2.58. The van der Waals surface area contributed by atoms with E-state index in [1.54, 1.807) is 18.4 Å². The number of ether oxygens (including phenoxy) is 1. The van der Waals surface area contributed by atoms with Crippen molar-refractivity contribution in [2.45, 2.75) is 58.0 Å². The molecule has 2 N–H and O–H groups in total. The van der Waals surface area contributed by atoms with Gasteiger partial charge >= 0.3 is 6.72 Å². The lowest BCUT2D eigenvalue weighted by Crippen LogP contribution is -2.32. The molecule has 2 bridgehead atoms. The number of hydrogen-bond acceptors (Lipinski definition) is 16. The number of alkyl halides is 1. The molecule has 2 unspecified atom stereocenters. The second-order valence-electron chi connectivity index (χ2n) is 10.9. The number of carbonyl (C=O) groups is 1. The van der Waals surface area contributed by atoms with Crippen LogP contribution in [0.25, 0.3) is 22.3 Å². The third-order valence-corrected chi connectivity index (χ3v) is 11.8. The molecule has 18 nitrogen and oxygen atoms in total. The molecular formula is C25H29FN10O8P2S3. The molecular weight excluding hydrogens is 745 g/mol. The molecule has 49 heavy (non-hydrogen) atoms. The minimum Gasteiger partial charge on any atom is -0.346 e. The lowest BCUT2D eigenvalue weighted by Gasteiger charge is -2.26. The maximum atomic E-state index is 16.4. The Bertz CT molecular complexity index is 2080. The third kappa shape index (κ3) is 7.92. The van der Waals surface area contributed by atoms with Crippen LogP contribution in [0.1, 0.15) is 32.3 Å². The number of nitrogens with zero attached hydrogens (tertiary/aromatic N) is 8. The van der Waals surface area contributed by atoms with Gasteiger partial charge in [-0.2, -0.15) is 10.2 Å². The number of aromatic nitrogens is 8. The number of carbonyl (C=O) groups excluding carboxylic acids is 1. The van der Waals surface area contributed by atoms with Crippen LogP contribution in [-0.4, -0.2) is 83.1 Å². The molecule has 2 aliphatic rings. The average Bonchev–Trinajstić information content (AvgIpc) is 3.72. The maximum absolute atomic E-state index is 16.4. The summed E-state index contributed by atoms with van der Waals surface area (Å²) in [5.74, 6) is -0.590. The zero-order chi connectivity index (χ0) is 34.9. The first-order chi connectivity index (χ1) is 23.4. The van der Waals surface area contributed by atoms with Gasteiger partial charge in [-0.3, -0.25) is 24.5 Å². The van der Waals surface area contributed by atoms with E-state index in [1.807, 2.05) is 6.07 Å². The number of amides is 1. The summed E-state index contributed by atoms with van der Waals surface area (Å²) in [6, 6.07) is 1.96. The molecule has 262 valence electrons. The van der Waals surface area contributed by atoms with E-state index in [1.165, 1.54) is 23.4 Å². The first kappa shape index (κ1) is 36.0. The summed E-state index contributed by atoms with van der Waals surface area (Å²) in [5, 5.41) is 11.6. The number of hydrogen-bond donors (Lipinski definition) is 3. The number of thiol groups is 1. The number of H-pyrrole nitrogens is 1. The number of imidazole rings is 2. The molecule has 6 rings (SSSR count). The fraction of sp³-hybridized carbons (Fsp3) is 0.520. The van der Waals surface area contributed by atoms with Gasteiger partial charge in [0.15, 0.2) is 29.2 Å². The lowest BCUT2D eigenvalue weighted by molar-refractivity contribution is -0.118. The quantitative estimate of drug-likeness (QED) is 0.146. The Morgan fingerprint density at radius 2 is 2.10 bits per heavy atom. The number of nitrogens with one attached hydrogen (secondary N) is 2. The Kier molecular flexibility index (Phi) is 10.9. The van der Waals surface area contributed by atoms with Gasteiger partial charge in [-0.25, -0.2) is 24.3 Å². The number of nitriles is 1. The minimum absolute atomic E-state index is 0.00529. The largest absolute Gasteiger partial charge is 0.346 e. The molecule has 0 aromatic carbocycles. The summed E-state index contributed by atoms with van der Waals surface area (Å²) in [6.45, 7) is -0.839. The van der Waals surface area contributed by atoms with Crippen molar-refractivity contribution in [2.24, 2.45) is 5.92 Å². The normalized spacial score (nSPS) is 28.2. The lowest BCUT2D eigenvalue weighted by atomic mass is 10.1. The predicted octanol–water partition coefficient (Wildman–Crippen LogP) is 3.05. The zero-order valence-corrected chi connectivity index (χ0v) is 30.1. The SMILES string of the molecule is CC(C)C(=O)Nc1nc2c(ncn2[C@@H]2O[C@@H]3COP(=S)(OCCC#N)OCCn4c(nc5cncnc54)COP(=S)(S)O[C@@H]2[C@@H]3F)c(=O)[nH]1. The van der Waals surface area contributed by atoms with Crippen molar-refractivity contribution in [2.75, 3.05) is 25.1 Å². The van der Waals surface area contributed by atoms with Gasteiger partial charge in [0.05, 0.1) is 44.8 Å². The fourth-order valence-electron chi connectivity index (χ4n) is 4.91. The van der Waals surface area contributed by atoms with Gasteiger partial charge in [-0.1, -0.05) is 26.1 Å². The first-order valence-corrected chi connectivity index (χ1v) is 21.0. The van der Waals surface area contributed by atoms with E-state index in [-0.39, 0.29) is 49.9 Å². The Hall–Kier alpha value is -2.80. The van der Waals surface area contributed by atoms with Crippen molar-refractivity contribution in [1.29, 1.82) is 5.26 Å². The standard InChI is InChI=1S/C25H29FN10O8P2S3/c1-13(2)22(37)33-25-32-21-18(23(38)34-25)30-12-36(21)24-19-17(26)15(43-24)9-41-45(47,39-6-3-4-27)40-7-5-35-16(10-42-46(48,49)44-19)31-14-8-28-11-29-20(14)35/h8,11-13,15,17,19,24H,3,5-7,9-10H2,1-2H3,(H,48,49)(H2,32,33,34,37,38)/t15-,17-,19-,24-,45?/m1/s1. The van der Waals surface area contributed by atoms with E-state index in [0.29, 0.717) is 17.0 Å². The Labute approximate surface area is 292 Å². The summed E-state index contributed by atoms with van der Waals surface area (Å²) in [5.41, 5.74) is -3.42. The summed E-state index contributed by atoms with van der Waals surface area (Å²) in [6.07, 6.45) is -1.96. The van der Waals surface area contributed by atoms with Crippen LogP contribution < -0.4 is 10.9 Å². The van der Waals surface area contributed by atoms with Crippen molar-refractivity contribution in [3.8, 4) is 6.07 Å². The summed E-state index contributed by atoms with van der Waals surface area (Å²) in [7, 11) is 0. The smallest absolute Gasteiger partial charge is 0.327 e. The highest BCUT2D eigenvalue weighted by molar-refractivity contribution is 8.60. The van der Waals surface area contributed by atoms with Crippen molar-refractivity contribution < 1.29 is 36.5 Å². The van der Waals surface area contributed by atoms with Crippen LogP contribution in [0, 0.1) is 17.2 Å². The summed E-state index contributed by atoms with van der Waals surface area (Å²) >= 11 is 15.7. The highest BCUT2D eigenvalue weighted by atomic mass is 32.9. The van der Waals surface area contributed by atoms with Gasteiger partial charge in [0, 0.05) is 12.5 Å². The third-order valence-electron chi connectivity index (χ3n) is 7.26. The molecule has 1 fully saturated rings. The van der Waals surface area contributed by atoms with Crippen molar-refractivity contribution in [1.82, 2.24) is 39.0 Å². The topological polar surface area (TPSA) is 215 Å². The monoisotopic (exact) mass is 774 g/mol. The fourth-order valence-corrected chi connectivity index (χ4v) is 8.54. The van der Waals surface area contributed by atoms with Gasteiger partial charge in [0.2, 0.25) is 17.5 Å². The molecule has 2 aliphatic heterocycles. The Morgan fingerprint density at radius 1 is 1.29 bits per heavy atom. The van der Waals surface area contributed by atoms with E-state index < -0.39 is 61.0 Å². The molecule has 0 spiro atoms. The molecule has 24 heteroatoms.